The Balaban J connectivity index is 1.41. The first kappa shape index (κ1) is 21.1. The molecule has 0 saturated heterocycles. The number of fused-ring (bicyclic) bond motifs is 1. The van der Waals surface area contributed by atoms with E-state index in [0.29, 0.717) is 16.1 Å². The molecule has 33 heavy (non-hydrogen) atoms. The lowest BCUT2D eigenvalue weighted by molar-refractivity contribution is 0.0915. The summed E-state index contributed by atoms with van der Waals surface area (Å²) < 4.78 is 1.52. The second-order valence-corrected chi connectivity index (χ2v) is 9.20. The van der Waals surface area contributed by atoms with Gasteiger partial charge in [0.15, 0.2) is 5.65 Å². The molecule has 9 heteroatoms. The van der Waals surface area contributed by atoms with E-state index < -0.39 is 0 Å². The van der Waals surface area contributed by atoms with Gasteiger partial charge in [0.25, 0.3) is 11.8 Å². The number of anilines is 1. The van der Waals surface area contributed by atoms with Crippen LogP contribution in [0.25, 0.3) is 16.8 Å². The van der Waals surface area contributed by atoms with E-state index in [9.17, 15) is 9.59 Å². The van der Waals surface area contributed by atoms with Gasteiger partial charge in [-0.15, -0.1) is 16.4 Å². The number of hydrogen-bond acceptors (Lipinski definition) is 6. The van der Waals surface area contributed by atoms with Crippen LogP contribution >= 0.6 is 11.3 Å². The molecule has 2 amide bonds. The molecule has 1 fully saturated rings. The number of hydrogen-bond donors (Lipinski definition) is 3. The minimum absolute atomic E-state index is 0.102. The van der Waals surface area contributed by atoms with Crippen LogP contribution in [0, 0.1) is 0 Å². The zero-order chi connectivity index (χ0) is 22.9. The predicted molar refractivity (Wildman–Crippen MR) is 128 cm³/mol. The van der Waals surface area contributed by atoms with Crippen LogP contribution in [0.15, 0.2) is 54.0 Å². The van der Waals surface area contributed by atoms with Crippen LogP contribution in [0.3, 0.4) is 0 Å². The van der Waals surface area contributed by atoms with E-state index in [2.05, 4.69) is 20.7 Å². The molecule has 3 heterocycles. The second-order valence-electron chi connectivity index (χ2n) is 8.29. The van der Waals surface area contributed by atoms with Crippen molar-refractivity contribution < 1.29 is 9.59 Å². The summed E-state index contributed by atoms with van der Waals surface area (Å²) >= 11 is 1.36. The lowest BCUT2D eigenvalue weighted by Crippen LogP contribution is -2.39. The van der Waals surface area contributed by atoms with Gasteiger partial charge >= 0.3 is 0 Å². The molecule has 0 spiro atoms. The molecule has 1 aliphatic rings. The van der Waals surface area contributed by atoms with Gasteiger partial charge in [0.1, 0.15) is 0 Å². The van der Waals surface area contributed by atoms with Crippen LogP contribution in [0.5, 0.6) is 0 Å². The maximum Gasteiger partial charge on any atom is 0.261 e. The maximum absolute atomic E-state index is 12.9. The van der Waals surface area contributed by atoms with Gasteiger partial charge in [-0.25, -0.2) is 4.52 Å². The van der Waals surface area contributed by atoms with Crippen molar-refractivity contribution in [3.05, 3.63) is 70.0 Å². The van der Waals surface area contributed by atoms with E-state index in [1.54, 1.807) is 12.3 Å². The number of nitrogens with two attached hydrogens (primary N) is 1. The zero-order valence-corrected chi connectivity index (χ0v) is 18.9. The number of thiophene rings is 1. The van der Waals surface area contributed by atoms with Crippen molar-refractivity contribution in [1.82, 2.24) is 25.2 Å². The Morgan fingerprint density at radius 1 is 1.15 bits per heavy atom. The average molecular weight is 461 g/mol. The molecule has 5 rings (SSSR count). The number of pyridine rings is 1. The highest BCUT2D eigenvalue weighted by molar-refractivity contribution is 7.12. The number of benzene rings is 1. The summed E-state index contributed by atoms with van der Waals surface area (Å²) in [4.78, 5) is 30.6. The Morgan fingerprint density at radius 3 is 2.67 bits per heavy atom. The summed E-state index contributed by atoms with van der Waals surface area (Å²) in [5, 5.41) is 12.2. The summed E-state index contributed by atoms with van der Waals surface area (Å²) in [6, 6.07) is 13.5. The summed E-state index contributed by atoms with van der Waals surface area (Å²) in [5.41, 5.74) is 9.26. The van der Waals surface area contributed by atoms with Gasteiger partial charge in [-0.05, 0) is 54.8 Å². The Hall–Kier alpha value is -3.72. The summed E-state index contributed by atoms with van der Waals surface area (Å²) in [5.74, 6) is -0.231. The molecule has 1 aliphatic carbocycles. The Kier molecular flexibility index (Phi) is 5.55. The molecule has 0 aliphatic heterocycles. The Labute approximate surface area is 194 Å². The lowest BCUT2D eigenvalue weighted by atomic mass is 9.93. The fourth-order valence-corrected chi connectivity index (χ4v) is 4.66. The third-order valence-electron chi connectivity index (χ3n) is 5.94. The number of rotatable bonds is 6. The van der Waals surface area contributed by atoms with Crippen LogP contribution in [0.2, 0.25) is 0 Å². The van der Waals surface area contributed by atoms with E-state index in [0.717, 1.165) is 36.0 Å². The van der Waals surface area contributed by atoms with E-state index in [4.69, 9.17) is 5.73 Å². The molecule has 0 unspecified atom stereocenters. The SMILES string of the molecule is C[C@H](NC(=O)c1cc(-c2cc(C(=O)NC3CCC3)c3nc(N)nn3c2)cs1)c1ccccc1. The van der Waals surface area contributed by atoms with Gasteiger partial charge in [0.05, 0.1) is 16.5 Å². The second kappa shape index (κ2) is 8.67. The topological polar surface area (TPSA) is 114 Å². The van der Waals surface area contributed by atoms with Gasteiger partial charge in [0, 0.05) is 17.8 Å². The van der Waals surface area contributed by atoms with Crippen LogP contribution in [0.1, 0.15) is 57.8 Å². The lowest BCUT2D eigenvalue weighted by Gasteiger charge is -2.26. The monoisotopic (exact) mass is 460 g/mol. The number of nitrogens with one attached hydrogen (secondary N) is 2. The van der Waals surface area contributed by atoms with E-state index in [1.807, 2.05) is 48.7 Å². The number of carbonyl (C=O) groups is 2. The van der Waals surface area contributed by atoms with Crippen LogP contribution in [-0.2, 0) is 0 Å². The largest absolute Gasteiger partial charge is 0.366 e. The third-order valence-corrected chi connectivity index (χ3v) is 6.87. The number of nitrogens with zero attached hydrogens (tertiary/aromatic N) is 3. The molecule has 4 N–H and O–H groups in total. The first-order chi connectivity index (χ1) is 16.0. The fourth-order valence-electron chi connectivity index (χ4n) is 3.84. The van der Waals surface area contributed by atoms with Gasteiger partial charge in [-0.1, -0.05) is 30.3 Å². The third kappa shape index (κ3) is 4.31. The average Bonchev–Trinajstić information content (AvgIpc) is 3.42. The number of amides is 2. The van der Waals surface area contributed by atoms with Crippen LogP contribution in [0.4, 0.5) is 5.95 Å². The minimum atomic E-state index is -0.191. The number of aromatic nitrogens is 3. The highest BCUT2D eigenvalue weighted by Gasteiger charge is 2.23. The van der Waals surface area contributed by atoms with Crippen LogP contribution < -0.4 is 16.4 Å². The van der Waals surface area contributed by atoms with Crippen molar-refractivity contribution in [1.29, 1.82) is 0 Å². The molecule has 1 aromatic carbocycles. The first-order valence-corrected chi connectivity index (χ1v) is 11.8. The van der Waals surface area contributed by atoms with Crippen molar-refractivity contribution in [2.45, 2.75) is 38.3 Å². The van der Waals surface area contributed by atoms with Crippen molar-refractivity contribution in [2.75, 3.05) is 5.73 Å². The minimum Gasteiger partial charge on any atom is -0.366 e. The quantitative estimate of drug-likeness (QED) is 0.405. The summed E-state index contributed by atoms with van der Waals surface area (Å²) in [6.45, 7) is 1.96. The predicted octanol–water partition coefficient (Wildman–Crippen LogP) is 3.81. The van der Waals surface area contributed by atoms with Crippen LogP contribution in [-0.4, -0.2) is 32.5 Å². The number of nitrogen functional groups attached to an aromatic ring is 1. The molecule has 3 aromatic heterocycles. The fraction of sp³-hybridized carbons (Fsp3) is 0.250. The van der Waals surface area contributed by atoms with Gasteiger partial charge < -0.3 is 16.4 Å². The molecule has 4 aromatic rings. The summed E-state index contributed by atoms with van der Waals surface area (Å²) in [7, 11) is 0. The van der Waals surface area contributed by atoms with Crippen molar-refractivity contribution in [3.8, 4) is 11.1 Å². The molecular weight excluding hydrogens is 436 g/mol. The molecule has 1 atom stereocenters. The number of carbonyl (C=O) groups excluding carboxylic acids is 2. The molecule has 0 radical (unpaired) electrons. The maximum atomic E-state index is 12.9. The van der Waals surface area contributed by atoms with Crippen molar-refractivity contribution in [2.24, 2.45) is 0 Å². The smallest absolute Gasteiger partial charge is 0.261 e. The van der Waals surface area contributed by atoms with Gasteiger partial charge in [-0.3, -0.25) is 9.59 Å². The zero-order valence-electron chi connectivity index (χ0n) is 18.1. The standard InChI is InChI=1S/C24H24N6O2S/c1-14(15-6-3-2-4-7-15)26-23(32)20-11-17(13-33-20)16-10-19(22(31)27-18-8-5-9-18)21-28-24(25)29-30(21)12-16/h2-4,6-7,10-14,18H,5,8-9H2,1H3,(H2,25,29)(H,26,32)(H,27,31)/t14-/m0/s1. The highest BCUT2D eigenvalue weighted by atomic mass is 32.1. The first-order valence-electron chi connectivity index (χ1n) is 10.9. The van der Waals surface area contributed by atoms with E-state index in [-0.39, 0.29) is 29.8 Å². The summed E-state index contributed by atoms with van der Waals surface area (Å²) in [6.07, 6.45) is 4.87. The van der Waals surface area contributed by atoms with Crippen molar-refractivity contribution >= 4 is 34.7 Å². The molecule has 1 saturated carbocycles. The van der Waals surface area contributed by atoms with Crippen molar-refractivity contribution in [3.63, 3.8) is 0 Å². The van der Waals surface area contributed by atoms with Gasteiger partial charge in [-0.2, -0.15) is 4.98 Å². The normalized spacial score (nSPS) is 14.6. The molecule has 0 bridgehead atoms. The Bertz CT molecular complexity index is 1330. The highest BCUT2D eigenvalue weighted by Crippen LogP contribution is 2.29. The molecular formula is C24H24N6O2S. The van der Waals surface area contributed by atoms with Gasteiger partial charge in [0.2, 0.25) is 5.95 Å². The molecule has 168 valence electrons. The Morgan fingerprint density at radius 2 is 1.94 bits per heavy atom. The van der Waals surface area contributed by atoms with E-state index >= 15 is 0 Å². The van der Waals surface area contributed by atoms with E-state index in [1.165, 1.54) is 15.9 Å². The molecule has 8 nitrogen and oxygen atoms in total.